The van der Waals surface area contributed by atoms with E-state index >= 15 is 0 Å². The first-order valence-corrected chi connectivity index (χ1v) is 12.4. The Morgan fingerprint density at radius 3 is 2.20 bits per heavy atom. The van der Waals surface area contributed by atoms with E-state index in [9.17, 15) is 19.5 Å². The molecule has 0 aliphatic heterocycles. The van der Waals surface area contributed by atoms with Crippen molar-refractivity contribution in [2.24, 2.45) is 0 Å². The molecule has 0 bridgehead atoms. The fourth-order valence-corrected chi connectivity index (χ4v) is 3.68. The van der Waals surface area contributed by atoms with Crippen molar-refractivity contribution in [2.45, 2.75) is 105 Å². The van der Waals surface area contributed by atoms with Crippen LogP contribution in [0.25, 0.3) is 0 Å². The average molecular weight is 492 g/mol. The quantitative estimate of drug-likeness (QED) is 0.426. The van der Waals surface area contributed by atoms with E-state index in [-0.39, 0.29) is 5.91 Å². The molecule has 1 aromatic rings. The standard InChI is InChI=1S/C27H45N3O5/c1-10-11-12-15-30(24(33)21(17-31)28-25(34)35-27(7,8)9)22(23(32)29-26(4,5)6)20-16-18(2)13-14-19(20)3/h13-14,16,21-22,31H,10-12,15,17H2,1-9H3,(H,28,34)(H,29,32). The van der Waals surface area contributed by atoms with Gasteiger partial charge in [0.1, 0.15) is 17.7 Å². The molecular formula is C27H45N3O5. The Hall–Kier alpha value is -2.61. The van der Waals surface area contributed by atoms with Crippen LogP contribution >= 0.6 is 0 Å². The summed E-state index contributed by atoms with van der Waals surface area (Å²) in [4.78, 5) is 41.3. The molecule has 3 N–H and O–H groups in total. The van der Waals surface area contributed by atoms with Crippen LogP contribution in [0, 0.1) is 13.8 Å². The smallest absolute Gasteiger partial charge is 0.408 e. The van der Waals surface area contributed by atoms with Gasteiger partial charge in [-0.15, -0.1) is 0 Å². The van der Waals surface area contributed by atoms with E-state index in [0.29, 0.717) is 18.5 Å². The molecule has 3 amide bonds. The molecule has 1 rings (SSSR count). The van der Waals surface area contributed by atoms with Crippen molar-refractivity contribution in [1.29, 1.82) is 0 Å². The molecule has 8 nitrogen and oxygen atoms in total. The van der Waals surface area contributed by atoms with E-state index in [4.69, 9.17) is 4.74 Å². The van der Waals surface area contributed by atoms with E-state index in [1.54, 1.807) is 20.8 Å². The average Bonchev–Trinajstić information content (AvgIpc) is 2.70. The monoisotopic (exact) mass is 491 g/mol. The number of nitrogens with one attached hydrogen (secondary N) is 2. The third kappa shape index (κ3) is 10.3. The highest BCUT2D eigenvalue weighted by Gasteiger charge is 2.37. The van der Waals surface area contributed by atoms with Crippen molar-refractivity contribution in [2.75, 3.05) is 13.2 Å². The number of hydrogen-bond donors (Lipinski definition) is 3. The predicted octanol–water partition coefficient (Wildman–Crippen LogP) is 4.16. The second kappa shape index (κ2) is 12.9. The zero-order valence-corrected chi connectivity index (χ0v) is 22.9. The van der Waals surface area contributed by atoms with Crippen molar-refractivity contribution in [3.63, 3.8) is 0 Å². The molecule has 0 aliphatic carbocycles. The summed E-state index contributed by atoms with van der Waals surface area (Å²) in [6.07, 6.45) is 1.68. The molecule has 2 unspecified atom stereocenters. The Morgan fingerprint density at radius 2 is 1.69 bits per heavy atom. The zero-order valence-electron chi connectivity index (χ0n) is 22.9. The third-order valence-electron chi connectivity index (χ3n) is 5.24. The van der Waals surface area contributed by atoms with Gasteiger partial charge in [0.2, 0.25) is 11.8 Å². The van der Waals surface area contributed by atoms with E-state index in [0.717, 1.165) is 24.0 Å². The molecular weight excluding hydrogens is 446 g/mol. The van der Waals surface area contributed by atoms with Gasteiger partial charge in [-0.1, -0.05) is 43.5 Å². The molecule has 0 spiro atoms. The molecule has 0 aliphatic rings. The molecule has 35 heavy (non-hydrogen) atoms. The molecule has 0 saturated carbocycles. The number of aliphatic hydroxyl groups excluding tert-OH is 1. The van der Waals surface area contributed by atoms with E-state index in [1.807, 2.05) is 52.8 Å². The van der Waals surface area contributed by atoms with Crippen LogP contribution in [-0.4, -0.2) is 58.2 Å². The van der Waals surface area contributed by atoms with Crippen LogP contribution in [0.1, 0.15) is 90.5 Å². The third-order valence-corrected chi connectivity index (χ3v) is 5.24. The fourth-order valence-electron chi connectivity index (χ4n) is 3.68. The second-order valence-electron chi connectivity index (χ2n) is 11.1. The largest absolute Gasteiger partial charge is 0.444 e. The van der Waals surface area contributed by atoms with E-state index < -0.39 is 41.8 Å². The number of alkyl carbamates (subject to hydrolysis) is 1. The maximum atomic E-state index is 13.8. The Morgan fingerprint density at radius 1 is 1.06 bits per heavy atom. The van der Waals surface area contributed by atoms with Crippen molar-refractivity contribution in [1.82, 2.24) is 15.5 Å². The minimum Gasteiger partial charge on any atom is -0.444 e. The topological polar surface area (TPSA) is 108 Å². The van der Waals surface area contributed by atoms with Crippen LogP contribution in [0.5, 0.6) is 0 Å². The Bertz CT molecular complexity index is 871. The number of ether oxygens (including phenoxy) is 1. The summed E-state index contributed by atoms with van der Waals surface area (Å²) in [5.74, 6) is -0.852. The van der Waals surface area contributed by atoms with Gasteiger partial charge in [-0.3, -0.25) is 9.59 Å². The first-order valence-electron chi connectivity index (χ1n) is 12.4. The van der Waals surface area contributed by atoms with Crippen LogP contribution in [0.2, 0.25) is 0 Å². The van der Waals surface area contributed by atoms with Crippen LogP contribution in [0.15, 0.2) is 18.2 Å². The summed E-state index contributed by atoms with van der Waals surface area (Å²) in [6, 6.07) is 3.63. The predicted molar refractivity (Wildman–Crippen MR) is 138 cm³/mol. The second-order valence-corrected chi connectivity index (χ2v) is 11.1. The molecule has 0 radical (unpaired) electrons. The van der Waals surface area contributed by atoms with E-state index in [2.05, 4.69) is 17.6 Å². The number of unbranched alkanes of at least 4 members (excludes halogenated alkanes) is 2. The fraction of sp³-hybridized carbons (Fsp3) is 0.667. The van der Waals surface area contributed by atoms with Crippen molar-refractivity contribution in [3.05, 3.63) is 34.9 Å². The highest BCUT2D eigenvalue weighted by atomic mass is 16.6. The van der Waals surface area contributed by atoms with Gasteiger partial charge in [-0.05, 0) is 72.9 Å². The molecule has 0 aromatic heterocycles. The van der Waals surface area contributed by atoms with Gasteiger partial charge >= 0.3 is 6.09 Å². The SMILES string of the molecule is CCCCCN(C(=O)C(CO)NC(=O)OC(C)(C)C)C(C(=O)NC(C)(C)C)c1cc(C)ccc1C. The summed E-state index contributed by atoms with van der Waals surface area (Å²) < 4.78 is 5.28. The number of hydrogen-bond acceptors (Lipinski definition) is 5. The number of carbonyl (C=O) groups is 3. The summed E-state index contributed by atoms with van der Waals surface area (Å²) >= 11 is 0. The maximum absolute atomic E-state index is 13.8. The first-order chi connectivity index (χ1) is 16.1. The summed E-state index contributed by atoms with van der Waals surface area (Å²) in [5, 5.41) is 15.5. The van der Waals surface area contributed by atoms with Gasteiger partial charge in [-0.25, -0.2) is 4.79 Å². The number of nitrogens with zero attached hydrogens (tertiary/aromatic N) is 1. The number of carbonyl (C=O) groups excluding carboxylic acids is 3. The van der Waals surface area contributed by atoms with E-state index in [1.165, 1.54) is 4.90 Å². The van der Waals surface area contributed by atoms with Crippen molar-refractivity contribution >= 4 is 17.9 Å². The lowest BCUT2D eigenvalue weighted by Gasteiger charge is -2.36. The minimum absolute atomic E-state index is 0.300. The number of aryl methyl sites for hydroxylation is 2. The van der Waals surface area contributed by atoms with Gasteiger partial charge in [0.05, 0.1) is 6.61 Å². The van der Waals surface area contributed by atoms with Crippen LogP contribution in [-0.2, 0) is 14.3 Å². The summed E-state index contributed by atoms with van der Waals surface area (Å²) in [7, 11) is 0. The van der Waals surface area contributed by atoms with Crippen LogP contribution in [0.4, 0.5) is 4.79 Å². The summed E-state index contributed by atoms with van der Waals surface area (Å²) in [6.45, 7) is 16.4. The lowest BCUT2D eigenvalue weighted by Crippen LogP contribution is -2.56. The van der Waals surface area contributed by atoms with Gasteiger partial charge in [0.25, 0.3) is 0 Å². The minimum atomic E-state index is -1.25. The Balaban J connectivity index is 3.50. The molecule has 198 valence electrons. The van der Waals surface area contributed by atoms with Gasteiger partial charge in [0.15, 0.2) is 0 Å². The number of benzene rings is 1. The van der Waals surface area contributed by atoms with Gasteiger partial charge in [-0.2, -0.15) is 0 Å². The Labute approximate surface area is 210 Å². The highest BCUT2D eigenvalue weighted by molar-refractivity contribution is 5.92. The van der Waals surface area contributed by atoms with Gasteiger partial charge in [0, 0.05) is 12.1 Å². The molecule has 2 atom stereocenters. The molecule has 0 saturated heterocycles. The lowest BCUT2D eigenvalue weighted by atomic mass is 9.95. The van der Waals surface area contributed by atoms with Gasteiger partial charge < -0.3 is 25.4 Å². The van der Waals surface area contributed by atoms with Crippen molar-refractivity contribution in [3.8, 4) is 0 Å². The zero-order chi connectivity index (χ0) is 27.0. The first kappa shape index (κ1) is 30.4. The number of aliphatic hydroxyl groups is 1. The highest BCUT2D eigenvalue weighted by Crippen LogP contribution is 2.28. The normalized spacial score (nSPS) is 13.5. The number of amides is 3. The van der Waals surface area contributed by atoms with Crippen LogP contribution < -0.4 is 10.6 Å². The molecule has 0 fully saturated rings. The maximum Gasteiger partial charge on any atom is 0.408 e. The summed E-state index contributed by atoms with van der Waals surface area (Å²) in [5.41, 5.74) is 1.27. The van der Waals surface area contributed by atoms with Crippen molar-refractivity contribution < 1.29 is 24.2 Å². The van der Waals surface area contributed by atoms with Crippen LogP contribution in [0.3, 0.4) is 0 Å². The number of rotatable bonds is 10. The lowest BCUT2D eigenvalue weighted by molar-refractivity contribution is -0.144. The Kier molecular flexibility index (Phi) is 11.2. The molecule has 0 heterocycles. The molecule has 1 aromatic carbocycles. The molecule has 8 heteroatoms.